The number of likely N-dealkylation sites (N-methyl/N-ethyl adjacent to an activating group) is 1. The minimum absolute atomic E-state index is 0.0633. The summed E-state index contributed by atoms with van der Waals surface area (Å²) < 4.78 is 21.5. The standard InChI is InChI=1S/C25H40N2O5/c1-25-10-6-4-5-7-20(23(25)26)17-19-8-9-21(18-22(19)25)32-24(28)27(2)11-12-30-15-16-31-14-13-29-3/h8-9,18,20,23H,4-7,10-17,26H2,1-3H3/t20?,23-,25+/m0/s1. The van der Waals surface area contributed by atoms with Crippen LogP contribution >= 0.6 is 0 Å². The van der Waals surface area contributed by atoms with E-state index >= 15 is 0 Å². The summed E-state index contributed by atoms with van der Waals surface area (Å²) in [5.41, 5.74) is 9.32. The van der Waals surface area contributed by atoms with E-state index in [1.54, 1.807) is 14.2 Å². The number of nitrogens with two attached hydrogens (primary N) is 1. The van der Waals surface area contributed by atoms with Crippen LogP contribution in [0.25, 0.3) is 0 Å². The van der Waals surface area contributed by atoms with Crippen LogP contribution in [-0.2, 0) is 26.0 Å². The molecule has 1 fully saturated rings. The summed E-state index contributed by atoms with van der Waals surface area (Å²) in [6.45, 7) is 5.29. The van der Waals surface area contributed by atoms with Crippen molar-refractivity contribution in [2.45, 2.75) is 56.9 Å². The number of rotatable bonds is 10. The van der Waals surface area contributed by atoms with Crippen molar-refractivity contribution < 1.29 is 23.7 Å². The van der Waals surface area contributed by atoms with Gasteiger partial charge in [-0.3, -0.25) is 0 Å². The van der Waals surface area contributed by atoms with Crippen LogP contribution in [-0.4, -0.2) is 70.8 Å². The third kappa shape index (κ3) is 6.22. The molecule has 3 atom stereocenters. The normalized spacial score (nSPS) is 24.9. The van der Waals surface area contributed by atoms with Crippen LogP contribution < -0.4 is 10.5 Å². The van der Waals surface area contributed by atoms with Crippen LogP contribution in [0.5, 0.6) is 5.75 Å². The molecular formula is C25H40N2O5. The molecule has 0 aromatic heterocycles. The van der Waals surface area contributed by atoms with E-state index in [-0.39, 0.29) is 17.6 Å². The average Bonchev–Trinajstić information content (AvgIpc) is 2.78. The Morgan fingerprint density at radius 3 is 2.66 bits per heavy atom. The maximum Gasteiger partial charge on any atom is 0.415 e. The third-order valence-electron chi connectivity index (χ3n) is 7.08. The number of hydrogen-bond acceptors (Lipinski definition) is 6. The molecule has 0 aliphatic heterocycles. The lowest BCUT2D eigenvalue weighted by Gasteiger charge is -2.47. The summed E-state index contributed by atoms with van der Waals surface area (Å²) in [7, 11) is 3.36. The van der Waals surface area contributed by atoms with Gasteiger partial charge in [0.1, 0.15) is 5.75 Å². The lowest BCUT2D eigenvalue weighted by Crippen LogP contribution is -2.52. The molecule has 2 aliphatic carbocycles. The summed E-state index contributed by atoms with van der Waals surface area (Å²) in [5, 5.41) is 0. The topological polar surface area (TPSA) is 83.2 Å². The third-order valence-corrected chi connectivity index (χ3v) is 7.08. The molecule has 1 unspecified atom stereocenters. The van der Waals surface area contributed by atoms with Crippen LogP contribution in [0.4, 0.5) is 4.79 Å². The molecule has 2 aliphatic rings. The van der Waals surface area contributed by atoms with E-state index in [4.69, 9.17) is 24.7 Å². The predicted molar refractivity (Wildman–Crippen MR) is 124 cm³/mol. The molecule has 7 heteroatoms. The van der Waals surface area contributed by atoms with Gasteiger partial charge in [-0.1, -0.05) is 32.3 Å². The molecule has 180 valence electrons. The van der Waals surface area contributed by atoms with Gasteiger partial charge in [0.25, 0.3) is 0 Å². The Kier molecular flexibility index (Phi) is 9.34. The summed E-state index contributed by atoms with van der Waals surface area (Å²) in [5.74, 6) is 1.12. The van der Waals surface area contributed by atoms with Crippen LogP contribution in [0, 0.1) is 5.92 Å². The number of carbonyl (C=O) groups is 1. The monoisotopic (exact) mass is 448 g/mol. The Hall–Kier alpha value is -1.67. The largest absolute Gasteiger partial charge is 0.415 e. The predicted octanol–water partition coefficient (Wildman–Crippen LogP) is 3.52. The molecule has 1 aromatic rings. The number of amides is 1. The van der Waals surface area contributed by atoms with Gasteiger partial charge in [0.15, 0.2) is 0 Å². The van der Waals surface area contributed by atoms with Gasteiger partial charge in [-0.05, 0) is 48.4 Å². The summed E-state index contributed by atoms with van der Waals surface area (Å²) in [4.78, 5) is 14.1. The van der Waals surface area contributed by atoms with Crippen LogP contribution in [0.15, 0.2) is 18.2 Å². The molecule has 0 radical (unpaired) electrons. The fourth-order valence-electron chi connectivity index (χ4n) is 5.03. The van der Waals surface area contributed by atoms with E-state index in [9.17, 15) is 4.79 Å². The number of fused-ring (bicyclic) bond motifs is 4. The van der Waals surface area contributed by atoms with Crippen molar-refractivity contribution in [3.05, 3.63) is 29.3 Å². The van der Waals surface area contributed by atoms with Crippen molar-refractivity contribution in [2.75, 3.05) is 53.7 Å². The van der Waals surface area contributed by atoms with E-state index < -0.39 is 0 Å². The Morgan fingerprint density at radius 1 is 1.12 bits per heavy atom. The first-order valence-corrected chi connectivity index (χ1v) is 11.9. The quantitative estimate of drug-likeness (QED) is 0.552. The Bertz CT molecular complexity index is 743. The highest BCUT2D eigenvalue weighted by Crippen LogP contribution is 2.46. The number of benzene rings is 1. The van der Waals surface area contributed by atoms with Crippen molar-refractivity contribution in [1.82, 2.24) is 4.90 Å². The molecule has 2 N–H and O–H groups in total. The molecule has 0 spiro atoms. The van der Waals surface area contributed by atoms with Gasteiger partial charge < -0.3 is 29.6 Å². The Morgan fingerprint density at radius 2 is 1.88 bits per heavy atom. The van der Waals surface area contributed by atoms with E-state index in [0.29, 0.717) is 51.2 Å². The second-order valence-electron chi connectivity index (χ2n) is 9.33. The Labute approximate surface area is 192 Å². The fraction of sp³-hybridized carbons (Fsp3) is 0.720. The number of nitrogens with zero attached hydrogens (tertiary/aromatic N) is 1. The van der Waals surface area contributed by atoms with Gasteiger partial charge in [-0.25, -0.2) is 4.79 Å². The number of methoxy groups -OCH3 is 1. The first-order valence-electron chi connectivity index (χ1n) is 11.9. The smallest absolute Gasteiger partial charge is 0.410 e. The molecule has 1 aromatic carbocycles. The fourth-order valence-corrected chi connectivity index (χ4v) is 5.03. The highest BCUT2D eigenvalue weighted by Gasteiger charge is 2.43. The maximum absolute atomic E-state index is 12.6. The maximum atomic E-state index is 12.6. The van der Waals surface area contributed by atoms with Gasteiger partial charge in [0.2, 0.25) is 0 Å². The van der Waals surface area contributed by atoms with Crippen molar-refractivity contribution in [1.29, 1.82) is 0 Å². The lowest BCUT2D eigenvalue weighted by atomic mass is 9.60. The van der Waals surface area contributed by atoms with Crippen molar-refractivity contribution in [2.24, 2.45) is 11.7 Å². The molecule has 3 rings (SSSR count). The van der Waals surface area contributed by atoms with Gasteiger partial charge in [0, 0.05) is 32.2 Å². The van der Waals surface area contributed by atoms with E-state index in [2.05, 4.69) is 13.0 Å². The first kappa shape index (κ1) is 25.0. The summed E-state index contributed by atoms with van der Waals surface area (Å²) in [6, 6.07) is 6.24. The van der Waals surface area contributed by atoms with Crippen LogP contribution in [0.2, 0.25) is 0 Å². The highest BCUT2D eigenvalue weighted by atomic mass is 16.6. The van der Waals surface area contributed by atoms with Gasteiger partial charge in [0.05, 0.1) is 33.0 Å². The van der Waals surface area contributed by atoms with Crippen LogP contribution in [0.1, 0.15) is 50.2 Å². The van der Waals surface area contributed by atoms with Gasteiger partial charge in [-0.15, -0.1) is 0 Å². The molecule has 2 bridgehead atoms. The molecule has 7 nitrogen and oxygen atoms in total. The first-order chi connectivity index (χ1) is 15.5. The molecular weight excluding hydrogens is 408 g/mol. The summed E-state index contributed by atoms with van der Waals surface area (Å²) in [6.07, 6.45) is 6.67. The number of hydrogen-bond donors (Lipinski definition) is 1. The van der Waals surface area contributed by atoms with E-state index in [1.165, 1.54) is 41.7 Å². The molecule has 32 heavy (non-hydrogen) atoms. The van der Waals surface area contributed by atoms with Crippen molar-refractivity contribution in [3.63, 3.8) is 0 Å². The Balaban J connectivity index is 1.52. The van der Waals surface area contributed by atoms with E-state index in [0.717, 1.165) is 12.8 Å². The van der Waals surface area contributed by atoms with Crippen LogP contribution in [0.3, 0.4) is 0 Å². The minimum atomic E-state index is -0.384. The summed E-state index contributed by atoms with van der Waals surface area (Å²) >= 11 is 0. The zero-order valence-corrected chi connectivity index (χ0v) is 19.9. The van der Waals surface area contributed by atoms with Gasteiger partial charge in [-0.2, -0.15) is 0 Å². The second-order valence-corrected chi connectivity index (χ2v) is 9.33. The zero-order valence-electron chi connectivity index (χ0n) is 19.9. The second kappa shape index (κ2) is 12.0. The average molecular weight is 449 g/mol. The molecule has 0 heterocycles. The minimum Gasteiger partial charge on any atom is -0.410 e. The lowest BCUT2D eigenvalue weighted by molar-refractivity contribution is 0.0214. The van der Waals surface area contributed by atoms with Gasteiger partial charge >= 0.3 is 6.09 Å². The van der Waals surface area contributed by atoms with Crippen molar-refractivity contribution in [3.8, 4) is 5.75 Å². The molecule has 1 saturated carbocycles. The highest BCUT2D eigenvalue weighted by molar-refractivity contribution is 5.70. The molecule has 1 amide bonds. The van der Waals surface area contributed by atoms with E-state index in [1.807, 2.05) is 12.1 Å². The van der Waals surface area contributed by atoms with Crippen molar-refractivity contribution >= 4 is 6.09 Å². The molecule has 0 saturated heterocycles. The number of carbonyl (C=O) groups excluding carboxylic acids is 1. The SMILES string of the molecule is COCCOCCOCCN(C)C(=O)Oc1ccc2c(c1)[C@@]1(C)CCCCCC(C2)[C@@H]1N. The number of ether oxygens (including phenoxy) is 4. The zero-order chi connectivity index (χ0) is 23.0.